The Kier molecular flexibility index (Phi) is 3.55. The molecule has 1 atom stereocenters. The molecule has 1 aliphatic heterocycles. The first-order chi connectivity index (χ1) is 7.59. The van der Waals surface area contributed by atoms with Crippen LogP contribution in [0.5, 0.6) is 5.75 Å². The molecular weight excluding hydrogens is 266 g/mol. The molecule has 1 aromatic carbocycles. The zero-order chi connectivity index (χ0) is 11.7. The van der Waals surface area contributed by atoms with Crippen LogP contribution in [0.25, 0.3) is 0 Å². The maximum absolute atomic E-state index is 9.81. The Morgan fingerprint density at radius 1 is 1.50 bits per heavy atom. The second-order valence-electron chi connectivity index (χ2n) is 4.64. The Morgan fingerprint density at radius 2 is 2.25 bits per heavy atom. The number of rotatable bonds is 2. The standard InChI is InChI=1S/C13H18BrNO/c1-8-6-10(7-11-4-3-5-15-11)9(2)12(14)13(8)16/h6,11,15-16H,3-5,7H2,1-2H3. The van der Waals surface area contributed by atoms with E-state index in [9.17, 15) is 5.11 Å². The molecule has 2 nitrogen and oxygen atoms in total. The van der Waals surface area contributed by atoms with Crippen LogP contribution >= 0.6 is 15.9 Å². The summed E-state index contributed by atoms with van der Waals surface area (Å²) < 4.78 is 0.848. The largest absolute Gasteiger partial charge is 0.506 e. The minimum atomic E-state index is 0.376. The van der Waals surface area contributed by atoms with Crippen LogP contribution in [0.15, 0.2) is 10.5 Å². The molecule has 0 saturated carbocycles. The number of phenols is 1. The first-order valence-electron chi connectivity index (χ1n) is 5.80. The van der Waals surface area contributed by atoms with Gasteiger partial charge in [-0.2, -0.15) is 0 Å². The van der Waals surface area contributed by atoms with Crippen LogP contribution in [0.4, 0.5) is 0 Å². The van der Waals surface area contributed by atoms with E-state index in [1.165, 1.54) is 18.4 Å². The number of nitrogens with one attached hydrogen (secondary N) is 1. The lowest BCUT2D eigenvalue weighted by Gasteiger charge is -2.15. The molecule has 0 bridgehead atoms. The summed E-state index contributed by atoms with van der Waals surface area (Å²) in [5.74, 6) is 0.376. The van der Waals surface area contributed by atoms with Crippen LogP contribution < -0.4 is 5.32 Å². The van der Waals surface area contributed by atoms with E-state index < -0.39 is 0 Å². The molecule has 1 unspecified atom stereocenters. The summed E-state index contributed by atoms with van der Waals surface area (Å²) in [5.41, 5.74) is 3.45. The van der Waals surface area contributed by atoms with E-state index in [1.54, 1.807) is 0 Å². The maximum atomic E-state index is 9.81. The molecule has 0 aromatic heterocycles. The van der Waals surface area contributed by atoms with Crippen molar-refractivity contribution in [2.75, 3.05) is 6.54 Å². The number of halogens is 1. The van der Waals surface area contributed by atoms with Gasteiger partial charge in [-0.25, -0.2) is 0 Å². The highest BCUT2D eigenvalue weighted by molar-refractivity contribution is 9.10. The molecule has 0 aliphatic carbocycles. The highest BCUT2D eigenvalue weighted by Crippen LogP contribution is 2.33. The van der Waals surface area contributed by atoms with Gasteiger partial charge in [-0.1, -0.05) is 6.07 Å². The Labute approximate surface area is 105 Å². The summed E-state index contributed by atoms with van der Waals surface area (Å²) in [4.78, 5) is 0. The van der Waals surface area contributed by atoms with E-state index in [-0.39, 0.29) is 0 Å². The minimum Gasteiger partial charge on any atom is -0.506 e. The van der Waals surface area contributed by atoms with Gasteiger partial charge in [-0.3, -0.25) is 0 Å². The average Bonchev–Trinajstić information content (AvgIpc) is 2.76. The van der Waals surface area contributed by atoms with E-state index in [0.717, 1.165) is 28.6 Å². The fourth-order valence-electron chi connectivity index (χ4n) is 2.34. The van der Waals surface area contributed by atoms with E-state index in [2.05, 4.69) is 34.2 Å². The Morgan fingerprint density at radius 3 is 2.88 bits per heavy atom. The molecule has 1 heterocycles. The van der Waals surface area contributed by atoms with Crippen LogP contribution in [0, 0.1) is 13.8 Å². The number of benzene rings is 1. The summed E-state index contributed by atoms with van der Waals surface area (Å²) in [6.07, 6.45) is 3.60. The van der Waals surface area contributed by atoms with Crippen LogP contribution in [-0.2, 0) is 6.42 Å². The molecule has 2 rings (SSSR count). The summed E-state index contributed by atoms with van der Waals surface area (Å²) >= 11 is 3.46. The number of hydrogen-bond acceptors (Lipinski definition) is 2. The quantitative estimate of drug-likeness (QED) is 0.874. The van der Waals surface area contributed by atoms with Crippen molar-refractivity contribution in [3.8, 4) is 5.75 Å². The van der Waals surface area contributed by atoms with Gasteiger partial charge in [0.15, 0.2) is 0 Å². The molecular formula is C13H18BrNO. The molecule has 88 valence electrons. The Hall–Kier alpha value is -0.540. The number of phenolic OH excluding ortho intramolecular Hbond substituents is 1. The molecule has 0 spiro atoms. The lowest BCUT2D eigenvalue weighted by Crippen LogP contribution is -2.24. The van der Waals surface area contributed by atoms with Gasteiger partial charge < -0.3 is 10.4 Å². The summed E-state index contributed by atoms with van der Waals surface area (Å²) in [5, 5.41) is 13.3. The van der Waals surface area contributed by atoms with Gasteiger partial charge in [0.1, 0.15) is 5.75 Å². The third kappa shape index (κ3) is 2.25. The van der Waals surface area contributed by atoms with Crippen molar-refractivity contribution in [3.05, 3.63) is 27.2 Å². The second-order valence-corrected chi connectivity index (χ2v) is 5.43. The molecule has 0 radical (unpaired) electrons. The van der Waals surface area contributed by atoms with Gasteiger partial charge in [-0.05, 0) is 72.3 Å². The number of hydrogen-bond donors (Lipinski definition) is 2. The monoisotopic (exact) mass is 283 g/mol. The van der Waals surface area contributed by atoms with Crippen molar-refractivity contribution >= 4 is 15.9 Å². The van der Waals surface area contributed by atoms with Gasteiger partial charge >= 0.3 is 0 Å². The van der Waals surface area contributed by atoms with Crippen LogP contribution in [-0.4, -0.2) is 17.7 Å². The van der Waals surface area contributed by atoms with Crippen molar-refractivity contribution in [2.45, 2.75) is 39.2 Å². The zero-order valence-electron chi connectivity index (χ0n) is 9.81. The molecule has 1 aliphatic rings. The van der Waals surface area contributed by atoms with E-state index in [1.807, 2.05) is 6.92 Å². The highest BCUT2D eigenvalue weighted by atomic mass is 79.9. The molecule has 1 fully saturated rings. The molecule has 3 heteroatoms. The third-order valence-electron chi connectivity index (χ3n) is 3.41. The van der Waals surface area contributed by atoms with Gasteiger partial charge in [0.05, 0.1) is 4.47 Å². The first-order valence-corrected chi connectivity index (χ1v) is 6.60. The topological polar surface area (TPSA) is 32.3 Å². The van der Waals surface area contributed by atoms with Gasteiger partial charge in [0, 0.05) is 6.04 Å². The predicted octanol–water partition coefficient (Wildman–Crippen LogP) is 3.07. The van der Waals surface area contributed by atoms with Crippen LogP contribution in [0.1, 0.15) is 29.5 Å². The van der Waals surface area contributed by atoms with Crippen molar-refractivity contribution < 1.29 is 5.11 Å². The SMILES string of the molecule is Cc1cc(CC2CCCN2)c(C)c(Br)c1O. The molecule has 1 aromatic rings. The van der Waals surface area contributed by atoms with Crippen LogP contribution in [0.3, 0.4) is 0 Å². The lowest BCUT2D eigenvalue weighted by molar-refractivity contribution is 0.466. The Bertz CT molecular complexity index is 397. The summed E-state index contributed by atoms with van der Waals surface area (Å²) in [6.45, 7) is 5.15. The molecule has 1 saturated heterocycles. The molecule has 2 N–H and O–H groups in total. The summed E-state index contributed by atoms with van der Waals surface area (Å²) in [7, 11) is 0. The fourth-order valence-corrected chi connectivity index (χ4v) is 2.91. The van der Waals surface area contributed by atoms with Crippen molar-refractivity contribution in [1.29, 1.82) is 0 Å². The van der Waals surface area contributed by atoms with E-state index >= 15 is 0 Å². The van der Waals surface area contributed by atoms with Crippen molar-refractivity contribution in [2.24, 2.45) is 0 Å². The Balaban J connectivity index is 2.26. The van der Waals surface area contributed by atoms with Crippen LogP contribution in [0.2, 0.25) is 0 Å². The first kappa shape index (κ1) is 11.9. The number of aromatic hydroxyl groups is 1. The smallest absolute Gasteiger partial charge is 0.132 e. The number of aryl methyl sites for hydroxylation is 1. The third-order valence-corrected chi connectivity index (χ3v) is 4.38. The molecule has 16 heavy (non-hydrogen) atoms. The fraction of sp³-hybridized carbons (Fsp3) is 0.538. The average molecular weight is 284 g/mol. The van der Waals surface area contributed by atoms with E-state index in [4.69, 9.17) is 0 Å². The van der Waals surface area contributed by atoms with Crippen molar-refractivity contribution in [1.82, 2.24) is 5.32 Å². The predicted molar refractivity (Wildman–Crippen MR) is 70.0 cm³/mol. The van der Waals surface area contributed by atoms with Gasteiger partial charge in [-0.15, -0.1) is 0 Å². The van der Waals surface area contributed by atoms with Gasteiger partial charge in [0.2, 0.25) is 0 Å². The zero-order valence-corrected chi connectivity index (χ0v) is 11.4. The normalized spacial score (nSPS) is 20.3. The highest BCUT2D eigenvalue weighted by Gasteiger charge is 2.17. The van der Waals surface area contributed by atoms with Crippen molar-refractivity contribution in [3.63, 3.8) is 0 Å². The van der Waals surface area contributed by atoms with E-state index in [0.29, 0.717) is 11.8 Å². The lowest BCUT2D eigenvalue weighted by atomic mass is 9.97. The summed E-state index contributed by atoms with van der Waals surface area (Å²) in [6, 6.07) is 2.71. The second kappa shape index (κ2) is 4.76. The maximum Gasteiger partial charge on any atom is 0.132 e. The minimum absolute atomic E-state index is 0.376. The molecule has 0 amide bonds. The van der Waals surface area contributed by atoms with Gasteiger partial charge in [0.25, 0.3) is 0 Å².